The summed E-state index contributed by atoms with van der Waals surface area (Å²) in [6.07, 6.45) is 2.59. The SMILES string of the molecule is COc1cc(F)cc(C(CO)NC(=O)C(C)N2Cc3ccc(-c4nc(NC5CCC(=O)N(C)C5)ncc4Cl)cc3C2=O)c1. The van der Waals surface area contributed by atoms with Gasteiger partial charge in [0, 0.05) is 49.8 Å². The van der Waals surface area contributed by atoms with Crippen LogP contribution in [0.5, 0.6) is 5.75 Å². The molecule has 5 rings (SSSR count). The molecule has 3 heterocycles. The predicted octanol–water partition coefficient (Wildman–Crippen LogP) is 3.17. The Balaban J connectivity index is 1.30. The van der Waals surface area contributed by atoms with Gasteiger partial charge in [0.25, 0.3) is 5.91 Å². The monoisotopic (exact) mass is 610 g/mol. The number of nitrogens with one attached hydrogen (secondary N) is 2. The second kappa shape index (κ2) is 12.5. The number of fused-ring (bicyclic) bond motifs is 1. The van der Waals surface area contributed by atoms with Crippen LogP contribution in [-0.2, 0) is 16.1 Å². The molecule has 1 fully saturated rings. The fourth-order valence-electron chi connectivity index (χ4n) is 5.31. The zero-order chi connectivity index (χ0) is 30.8. The number of aromatic nitrogens is 2. The third kappa shape index (κ3) is 6.40. The standard InChI is InChI=1S/C30H32ClFN6O5/c1-16(28(41)35-25(15-39)19-8-20(32)11-22(9-19)43-3)38-13-18-5-4-17(10-23(18)29(38)42)27-24(31)12-33-30(36-27)34-21-6-7-26(40)37(2)14-21/h4-5,8-12,16,21,25,39H,6-7,13-15H2,1-3H3,(H,35,41)(H,33,34,36). The van der Waals surface area contributed by atoms with Crippen LogP contribution in [0, 0.1) is 5.82 Å². The first-order valence-corrected chi connectivity index (χ1v) is 14.2. The summed E-state index contributed by atoms with van der Waals surface area (Å²) in [6, 6.07) is 7.45. The molecule has 3 aromatic rings. The van der Waals surface area contributed by atoms with Crippen LogP contribution >= 0.6 is 11.6 Å². The van der Waals surface area contributed by atoms with Crippen molar-refractivity contribution in [3.8, 4) is 17.0 Å². The molecule has 0 radical (unpaired) electrons. The summed E-state index contributed by atoms with van der Waals surface area (Å²) in [5.41, 5.74) is 2.54. The van der Waals surface area contributed by atoms with Gasteiger partial charge in [-0.3, -0.25) is 14.4 Å². The molecule has 43 heavy (non-hydrogen) atoms. The summed E-state index contributed by atoms with van der Waals surface area (Å²) < 4.78 is 19.1. The number of piperidine rings is 1. The number of hydrogen-bond acceptors (Lipinski definition) is 8. The van der Waals surface area contributed by atoms with Gasteiger partial charge in [-0.2, -0.15) is 0 Å². The van der Waals surface area contributed by atoms with Crippen molar-refractivity contribution in [2.24, 2.45) is 0 Å². The average Bonchev–Trinajstić information content (AvgIpc) is 3.33. The summed E-state index contributed by atoms with van der Waals surface area (Å²) >= 11 is 6.46. The van der Waals surface area contributed by atoms with Crippen LogP contribution in [0.2, 0.25) is 5.02 Å². The maximum atomic E-state index is 14.0. The third-order valence-corrected chi connectivity index (χ3v) is 8.07. The Morgan fingerprint density at radius 3 is 2.77 bits per heavy atom. The number of rotatable bonds is 9. The van der Waals surface area contributed by atoms with E-state index in [0.29, 0.717) is 52.7 Å². The molecule has 2 aromatic carbocycles. The van der Waals surface area contributed by atoms with Gasteiger partial charge in [-0.1, -0.05) is 23.7 Å². The van der Waals surface area contributed by atoms with Crippen molar-refractivity contribution in [3.05, 3.63) is 70.1 Å². The second-order valence-corrected chi connectivity index (χ2v) is 11.1. The molecular formula is C30H32ClFN6O5. The third-order valence-electron chi connectivity index (χ3n) is 7.80. The molecule has 0 bridgehead atoms. The lowest BCUT2D eigenvalue weighted by Crippen LogP contribution is -2.46. The molecule has 2 aliphatic heterocycles. The number of likely N-dealkylation sites (N-methyl/N-ethyl adjacent to an activating group) is 1. The van der Waals surface area contributed by atoms with Crippen molar-refractivity contribution in [2.75, 3.05) is 32.6 Å². The maximum absolute atomic E-state index is 14.0. The van der Waals surface area contributed by atoms with Gasteiger partial charge in [-0.25, -0.2) is 14.4 Å². The molecule has 1 saturated heterocycles. The molecule has 0 spiro atoms. The van der Waals surface area contributed by atoms with E-state index in [1.165, 1.54) is 36.4 Å². The molecule has 3 unspecified atom stereocenters. The number of aliphatic hydroxyl groups excluding tert-OH is 1. The molecule has 1 aromatic heterocycles. The topological polar surface area (TPSA) is 137 Å². The number of benzene rings is 2. The Morgan fingerprint density at radius 2 is 2.05 bits per heavy atom. The van der Waals surface area contributed by atoms with Crippen molar-refractivity contribution in [1.82, 2.24) is 25.1 Å². The van der Waals surface area contributed by atoms with Crippen molar-refractivity contribution >= 4 is 35.3 Å². The van der Waals surface area contributed by atoms with Gasteiger partial charge in [-0.05, 0) is 42.7 Å². The molecule has 11 nitrogen and oxygen atoms in total. The van der Waals surface area contributed by atoms with Crippen molar-refractivity contribution in [2.45, 2.75) is 44.4 Å². The predicted molar refractivity (Wildman–Crippen MR) is 157 cm³/mol. The first kappa shape index (κ1) is 30.2. The number of methoxy groups -OCH3 is 1. The minimum Gasteiger partial charge on any atom is -0.497 e. The number of ether oxygens (including phenoxy) is 1. The number of carbonyl (C=O) groups excluding carboxylic acids is 3. The fraction of sp³-hybridized carbons (Fsp3) is 0.367. The number of anilines is 1. The van der Waals surface area contributed by atoms with Crippen molar-refractivity contribution in [3.63, 3.8) is 0 Å². The Kier molecular flexibility index (Phi) is 8.79. The highest BCUT2D eigenvalue weighted by molar-refractivity contribution is 6.33. The van der Waals surface area contributed by atoms with Crippen molar-refractivity contribution < 1.29 is 28.6 Å². The van der Waals surface area contributed by atoms with Gasteiger partial charge >= 0.3 is 0 Å². The van der Waals surface area contributed by atoms with E-state index in [2.05, 4.69) is 20.6 Å². The summed E-state index contributed by atoms with van der Waals surface area (Å²) in [4.78, 5) is 50.5. The number of halogens is 2. The molecular weight excluding hydrogens is 579 g/mol. The number of likely N-dealkylation sites (tertiary alicyclic amines) is 1. The van der Waals surface area contributed by atoms with E-state index in [-0.39, 0.29) is 30.2 Å². The van der Waals surface area contributed by atoms with Gasteiger partial charge in [0.2, 0.25) is 17.8 Å². The smallest absolute Gasteiger partial charge is 0.255 e. The average molecular weight is 611 g/mol. The van der Waals surface area contributed by atoms with E-state index in [1.54, 1.807) is 31.0 Å². The molecule has 0 saturated carbocycles. The fourth-order valence-corrected chi connectivity index (χ4v) is 5.51. The zero-order valence-corrected chi connectivity index (χ0v) is 24.7. The van der Waals surface area contributed by atoms with Crippen LogP contribution in [0.15, 0.2) is 42.6 Å². The minimum atomic E-state index is -0.900. The molecule has 3 N–H and O–H groups in total. The van der Waals surface area contributed by atoms with Crippen LogP contribution in [0.25, 0.3) is 11.3 Å². The van der Waals surface area contributed by atoms with E-state index < -0.39 is 30.4 Å². The van der Waals surface area contributed by atoms with E-state index >= 15 is 0 Å². The quantitative estimate of drug-likeness (QED) is 0.336. The highest BCUT2D eigenvalue weighted by Gasteiger charge is 2.35. The lowest BCUT2D eigenvalue weighted by atomic mass is 10.0. The van der Waals surface area contributed by atoms with E-state index in [9.17, 15) is 23.9 Å². The summed E-state index contributed by atoms with van der Waals surface area (Å²) in [5, 5.41) is 16.2. The molecule has 2 aliphatic rings. The molecule has 3 amide bonds. The second-order valence-electron chi connectivity index (χ2n) is 10.7. The highest BCUT2D eigenvalue weighted by Crippen LogP contribution is 2.33. The lowest BCUT2D eigenvalue weighted by molar-refractivity contribution is -0.132. The van der Waals surface area contributed by atoms with Gasteiger partial charge in [-0.15, -0.1) is 0 Å². The number of aliphatic hydroxyl groups is 1. The van der Waals surface area contributed by atoms with Gasteiger partial charge < -0.3 is 30.3 Å². The number of nitrogens with zero attached hydrogens (tertiary/aromatic N) is 4. The lowest BCUT2D eigenvalue weighted by Gasteiger charge is -2.30. The number of amides is 3. The summed E-state index contributed by atoms with van der Waals surface area (Å²) in [6.45, 7) is 1.86. The Bertz CT molecular complexity index is 1570. The van der Waals surface area contributed by atoms with Crippen LogP contribution in [0.1, 0.15) is 47.3 Å². The molecule has 13 heteroatoms. The Morgan fingerprint density at radius 1 is 1.26 bits per heavy atom. The molecule has 226 valence electrons. The van der Waals surface area contributed by atoms with Crippen LogP contribution in [-0.4, -0.2) is 82.0 Å². The van der Waals surface area contributed by atoms with Crippen LogP contribution < -0.4 is 15.4 Å². The minimum absolute atomic E-state index is 0.00658. The molecule has 0 aliphatic carbocycles. The Hall–Kier alpha value is -4.29. The highest BCUT2D eigenvalue weighted by atomic mass is 35.5. The maximum Gasteiger partial charge on any atom is 0.255 e. The zero-order valence-electron chi connectivity index (χ0n) is 23.9. The molecule has 3 atom stereocenters. The number of carbonyl (C=O) groups is 3. The first-order valence-electron chi connectivity index (χ1n) is 13.8. The Labute approximate surface area is 253 Å². The van der Waals surface area contributed by atoms with Gasteiger partial charge in [0.05, 0.1) is 36.7 Å². The van der Waals surface area contributed by atoms with Crippen molar-refractivity contribution in [1.29, 1.82) is 0 Å². The first-order chi connectivity index (χ1) is 20.6. The van der Waals surface area contributed by atoms with E-state index in [1.807, 2.05) is 6.07 Å². The van der Waals surface area contributed by atoms with Gasteiger partial charge in [0.15, 0.2) is 0 Å². The van der Waals surface area contributed by atoms with E-state index in [0.717, 1.165) is 5.56 Å². The number of hydrogen-bond donors (Lipinski definition) is 3. The summed E-state index contributed by atoms with van der Waals surface area (Å²) in [7, 11) is 3.15. The van der Waals surface area contributed by atoms with Gasteiger partial charge in [0.1, 0.15) is 17.6 Å². The normalized spacial score (nSPS) is 17.9. The largest absolute Gasteiger partial charge is 0.497 e. The van der Waals surface area contributed by atoms with Crippen LogP contribution in [0.3, 0.4) is 0 Å². The van der Waals surface area contributed by atoms with E-state index in [4.69, 9.17) is 16.3 Å². The van der Waals surface area contributed by atoms with Crippen LogP contribution in [0.4, 0.5) is 10.3 Å². The summed E-state index contributed by atoms with van der Waals surface area (Å²) in [5.74, 6) is -0.707.